The monoisotopic (exact) mass is 343 g/mol. The number of carbonyl (C=O) groups excluding carboxylic acids is 1. The van der Waals surface area contributed by atoms with E-state index in [-0.39, 0.29) is 31.8 Å². The van der Waals surface area contributed by atoms with Gasteiger partial charge in [0.25, 0.3) is 11.8 Å². The second-order valence-corrected chi connectivity index (χ2v) is 5.69. The van der Waals surface area contributed by atoms with Crippen LogP contribution < -0.4 is 0 Å². The van der Waals surface area contributed by atoms with Gasteiger partial charge in [-0.3, -0.25) is 9.20 Å². The Kier molecular flexibility index (Phi) is 3.24. The van der Waals surface area contributed by atoms with Gasteiger partial charge in [-0.1, -0.05) is 0 Å². The number of likely N-dealkylation sites (tertiary alicyclic amines) is 1. The van der Waals surface area contributed by atoms with Gasteiger partial charge in [-0.05, 0) is 28.1 Å². The molecule has 1 aliphatic rings. The first-order valence-electron chi connectivity index (χ1n) is 6.26. The molecule has 2 aromatic heterocycles. The summed E-state index contributed by atoms with van der Waals surface area (Å²) in [6.07, 6.45) is 2.84. The number of fused-ring (bicyclic) bond motifs is 1. The summed E-state index contributed by atoms with van der Waals surface area (Å²) in [7, 11) is 0. The Morgan fingerprint density at radius 3 is 2.75 bits per heavy atom. The first kappa shape index (κ1) is 13.5. The SMILES string of the molecule is O=C(c1ccn2c(Br)cnc2c1)N1CCC(F)(F)CC1. The molecule has 0 atom stereocenters. The van der Waals surface area contributed by atoms with Gasteiger partial charge in [0.15, 0.2) is 0 Å². The zero-order valence-electron chi connectivity index (χ0n) is 10.5. The highest BCUT2D eigenvalue weighted by molar-refractivity contribution is 9.10. The Labute approximate surface area is 122 Å². The molecule has 0 radical (unpaired) electrons. The van der Waals surface area contributed by atoms with Crippen LogP contribution in [0.2, 0.25) is 0 Å². The lowest BCUT2D eigenvalue weighted by atomic mass is 10.1. The number of amides is 1. The van der Waals surface area contributed by atoms with Gasteiger partial charge in [0.1, 0.15) is 10.3 Å². The number of halogens is 3. The number of rotatable bonds is 1. The minimum atomic E-state index is -2.64. The van der Waals surface area contributed by atoms with Crippen molar-refractivity contribution in [1.82, 2.24) is 14.3 Å². The number of carbonyl (C=O) groups is 1. The predicted molar refractivity (Wildman–Crippen MR) is 73.0 cm³/mol. The molecule has 3 heterocycles. The van der Waals surface area contributed by atoms with Gasteiger partial charge in [0, 0.05) is 37.7 Å². The van der Waals surface area contributed by atoms with Gasteiger partial charge in [-0.25, -0.2) is 13.8 Å². The molecule has 1 fully saturated rings. The summed E-state index contributed by atoms with van der Waals surface area (Å²) >= 11 is 3.34. The average Bonchev–Trinajstić information content (AvgIpc) is 2.79. The molecule has 0 bridgehead atoms. The van der Waals surface area contributed by atoms with Gasteiger partial charge in [0.05, 0.1) is 6.20 Å². The second kappa shape index (κ2) is 4.80. The van der Waals surface area contributed by atoms with Crippen LogP contribution in [-0.2, 0) is 0 Å². The fourth-order valence-electron chi connectivity index (χ4n) is 2.30. The molecule has 0 spiro atoms. The Morgan fingerprint density at radius 2 is 2.05 bits per heavy atom. The standard InChI is InChI=1S/C13H12BrF2N3O/c14-10-8-17-11-7-9(1-4-19(10)11)12(20)18-5-2-13(15,16)3-6-18/h1,4,7-8H,2-3,5-6H2. The summed E-state index contributed by atoms with van der Waals surface area (Å²) < 4.78 is 28.8. The van der Waals surface area contributed by atoms with E-state index in [9.17, 15) is 13.6 Å². The van der Waals surface area contributed by atoms with Crippen LogP contribution in [0.3, 0.4) is 0 Å². The number of pyridine rings is 1. The molecular weight excluding hydrogens is 332 g/mol. The molecule has 1 amide bonds. The highest BCUT2D eigenvalue weighted by atomic mass is 79.9. The van der Waals surface area contributed by atoms with Crippen LogP contribution in [0.1, 0.15) is 23.2 Å². The number of aromatic nitrogens is 2. The molecule has 0 unspecified atom stereocenters. The average molecular weight is 344 g/mol. The lowest BCUT2D eigenvalue weighted by Crippen LogP contribution is -2.42. The van der Waals surface area contributed by atoms with E-state index in [1.807, 2.05) is 0 Å². The normalized spacial score (nSPS) is 18.4. The summed E-state index contributed by atoms with van der Waals surface area (Å²) in [5.41, 5.74) is 1.12. The fraction of sp³-hybridized carbons (Fsp3) is 0.385. The smallest absolute Gasteiger partial charge is 0.254 e. The van der Waals surface area contributed by atoms with Crippen molar-refractivity contribution in [2.45, 2.75) is 18.8 Å². The zero-order valence-corrected chi connectivity index (χ0v) is 12.1. The zero-order chi connectivity index (χ0) is 14.3. The highest BCUT2D eigenvalue weighted by Gasteiger charge is 2.35. The maximum atomic E-state index is 13.1. The molecule has 0 aromatic carbocycles. The fourth-order valence-corrected chi connectivity index (χ4v) is 2.70. The quantitative estimate of drug-likeness (QED) is 0.798. The summed E-state index contributed by atoms with van der Waals surface area (Å²) in [5, 5.41) is 0. The number of nitrogens with zero attached hydrogens (tertiary/aromatic N) is 3. The van der Waals surface area contributed by atoms with Crippen molar-refractivity contribution in [1.29, 1.82) is 0 Å². The van der Waals surface area contributed by atoms with Crippen molar-refractivity contribution in [3.05, 3.63) is 34.7 Å². The van der Waals surface area contributed by atoms with Crippen molar-refractivity contribution in [3.8, 4) is 0 Å². The minimum Gasteiger partial charge on any atom is -0.338 e. The predicted octanol–water partition coefficient (Wildman–Crippen LogP) is 2.97. The van der Waals surface area contributed by atoms with Crippen LogP contribution in [-0.4, -0.2) is 39.2 Å². The van der Waals surface area contributed by atoms with Crippen LogP contribution in [0.5, 0.6) is 0 Å². The van der Waals surface area contributed by atoms with Gasteiger partial charge in [-0.15, -0.1) is 0 Å². The highest BCUT2D eigenvalue weighted by Crippen LogP contribution is 2.28. The molecule has 3 rings (SSSR count). The number of hydrogen-bond donors (Lipinski definition) is 0. The van der Waals surface area contributed by atoms with Crippen LogP contribution in [0.15, 0.2) is 29.1 Å². The third-order valence-electron chi connectivity index (χ3n) is 3.50. The lowest BCUT2D eigenvalue weighted by molar-refractivity contribution is -0.0494. The van der Waals surface area contributed by atoms with Gasteiger partial charge in [0.2, 0.25) is 0 Å². The van der Waals surface area contributed by atoms with E-state index in [2.05, 4.69) is 20.9 Å². The van der Waals surface area contributed by atoms with E-state index >= 15 is 0 Å². The summed E-state index contributed by atoms with van der Waals surface area (Å²) in [4.78, 5) is 17.9. The van der Waals surface area contributed by atoms with E-state index in [0.29, 0.717) is 11.2 Å². The van der Waals surface area contributed by atoms with Crippen molar-refractivity contribution in [2.24, 2.45) is 0 Å². The van der Waals surface area contributed by atoms with E-state index in [1.54, 1.807) is 28.9 Å². The van der Waals surface area contributed by atoms with E-state index < -0.39 is 5.92 Å². The van der Waals surface area contributed by atoms with Crippen LogP contribution in [0.4, 0.5) is 8.78 Å². The lowest BCUT2D eigenvalue weighted by Gasteiger charge is -2.31. The molecular formula is C13H12BrF2N3O. The third-order valence-corrected chi connectivity index (χ3v) is 4.08. The molecule has 2 aromatic rings. The van der Waals surface area contributed by atoms with Crippen LogP contribution in [0, 0.1) is 0 Å². The van der Waals surface area contributed by atoms with E-state index in [0.717, 1.165) is 4.60 Å². The molecule has 106 valence electrons. The number of hydrogen-bond acceptors (Lipinski definition) is 2. The van der Waals surface area contributed by atoms with Crippen molar-refractivity contribution < 1.29 is 13.6 Å². The summed E-state index contributed by atoms with van der Waals surface area (Å²) in [6, 6.07) is 3.34. The Balaban J connectivity index is 1.82. The van der Waals surface area contributed by atoms with Crippen molar-refractivity contribution in [2.75, 3.05) is 13.1 Å². The Hall–Kier alpha value is -1.50. The largest absolute Gasteiger partial charge is 0.338 e. The summed E-state index contributed by atoms with van der Waals surface area (Å²) in [5.74, 6) is -2.86. The third kappa shape index (κ3) is 2.42. The summed E-state index contributed by atoms with van der Waals surface area (Å²) in [6.45, 7) is 0.185. The van der Waals surface area contributed by atoms with E-state index in [1.165, 1.54) is 4.90 Å². The second-order valence-electron chi connectivity index (χ2n) is 4.87. The molecule has 20 heavy (non-hydrogen) atoms. The minimum absolute atomic E-state index is 0.0924. The van der Waals surface area contributed by atoms with Crippen LogP contribution in [0.25, 0.3) is 5.65 Å². The maximum Gasteiger partial charge on any atom is 0.254 e. The Morgan fingerprint density at radius 1 is 1.35 bits per heavy atom. The van der Waals surface area contributed by atoms with Crippen molar-refractivity contribution in [3.63, 3.8) is 0 Å². The first-order chi connectivity index (χ1) is 9.46. The van der Waals surface area contributed by atoms with E-state index in [4.69, 9.17) is 0 Å². The molecule has 1 aliphatic heterocycles. The molecule has 1 saturated heterocycles. The van der Waals surface area contributed by atoms with Gasteiger partial charge < -0.3 is 4.90 Å². The number of imidazole rings is 1. The van der Waals surface area contributed by atoms with Crippen molar-refractivity contribution >= 4 is 27.5 Å². The Bertz CT molecular complexity index is 661. The molecule has 7 heteroatoms. The molecule has 4 nitrogen and oxygen atoms in total. The molecule has 0 saturated carbocycles. The van der Waals surface area contributed by atoms with Crippen LogP contribution >= 0.6 is 15.9 Å². The first-order valence-corrected chi connectivity index (χ1v) is 7.05. The van der Waals surface area contributed by atoms with Gasteiger partial charge in [-0.2, -0.15) is 0 Å². The topological polar surface area (TPSA) is 37.6 Å². The number of piperidine rings is 1. The van der Waals surface area contributed by atoms with Gasteiger partial charge >= 0.3 is 0 Å². The molecule has 0 N–H and O–H groups in total. The molecule has 0 aliphatic carbocycles. The number of alkyl halides is 2. The maximum absolute atomic E-state index is 13.1.